The van der Waals surface area contributed by atoms with Gasteiger partial charge in [-0.05, 0) is 66.8 Å². The summed E-state index contributed by atoms with van der Waals surface area (Å²) in [6.45, 7) is 5.20. The van der Waals surface area contributed by atoms with Crippen molar-refractivity contribution in [1.29, 1.82) is 5.26 Å². The van der Waals surface area contributed by atoms with Crippen molar-refractivity contribution < 1.29 is 28.9 Å². The van der Waals surface area contributed by atoms with E-state index in [0.717, 1.165) is 29.4 Å². The molecule has 0 aromatic heterocycles. The number of anilines is 1. The van der Waals surface area contributed by atoms with Crippen LogP contribution in [0.1, 0.15) is 38.2 Å². The lowest BCUT2D eigenvalue weighted by molar-refractivity contribution is -0.147. The number of hydrogen-bond acceptors (Lipinski definition) is 8. The van der Waals surface area contributed by atoms with Crippen LogP contribution in [0.3, 0.4) is 0 Å². The van der Waals surface area contributed by atoms with Crippen molar-refractivity contribution in [2.75, 3.05) is 57.6 Å². The molecule has 204 valence electrons. The molecule has 0 aliphatic carbocycles. The molecule has 0 bridgehead atoms. The number of hydrogen-bond donors (Lipinski definition) is 2. The van der Waals surface area contributed by atoms with Gasteiger partial charge in [0.2, 0.25) is 0 Å². The Hall–Kier alpha value is -3.45. The number of esters is 1. The van der Waals surface area contributed by atoms with Crippen LogP contribution < -0.4 is 10.2 Å². The molecule has 1 amide bonds. The van der Waals surface area contributed by atoms with Crippen molar-refractivity contribution in [2.24, 2.45) is 0 Å². The largest absolute Gasteiger partial charge is 0.463 e. The zero-order valence-corrected chi connectivity index (χ0v) is 22.0. The predicted octanol–water partition coefficient (Wildman–Crippen LogP) is 3.20. The average Bonchev–Trinajstić information content (AvgIpc) is 2.92. The smallest absolute Gasteiger partial charge is 0.308 e. The Morgan fingerprint density at radius 2 is 1.71 bits per heavy atom. The Labute approximate surface area is 224 Å². The minimum atomic E-state index is -0.728. The molecule has 38 heavy (non-hydrogen) atoms. The molecular formula is C29H37N3O6. The summed E-state index contributed by atoms with van der Waals surface area (Å²) >= 11 is 0. The van der Waals surface area contributed by atoms with Crippen LogP contribution in [0, 0.1) is 11.3 Å². The summed E-state index contributed by atoms with van der Waals surface area (Å²) in [4.78, 5) is 26.1. The first kappa shape index (κ1) is 29.1. The van der Waals surface area contributed by atoms with Gasteiger partial charge in [0.15, 0.2) is 0 Å². The molecule has 2 N–H and O–H groups in total. The van der Waals surface area contributed by atoms with Crippen molar-refractivity contribution in [2.45, 2.75) is 38.7 Å². The SMILES string of the molecule is CC(O)CC(=O)OCCOCCOCCNC(=O)/C(C#N)=C/c1ccc2cc(N3CCCCC3)ccc2c1. The number of amides is 1. The maximum absolute atomic E-state index is 12.4. The molecule has 2 aromatic carbocycles. The topological polar surface area (TPSA) is 121 Å². The number of nitrogens with zero attached hydrogens (tertiary/aromatic N) is 2. The normalized spacial score (nSPS) is 14.7. The third kappa shape index (κ3) is 9.78. The molecule has 9 heteroatoms. The zero-order valence-electron chi connectivity index (χ0n) is 22.0. The Morgan fingerprint density at radius 1 is 1.03 bits per heavy atom. The second-order valence-corrected chi connectivity index (χ2v) is 9.26. The van der Waals surface area contributed by atoms with Crippen molar-refractivity contribution in [3.8, 4) is 6.07 Å². The van der Waals surface area contributed by atoms with E-state index in [1.807, 2.05) is 24.3 Å². The number of nitrogens with one attached hydrogen (secondary N) is 1. The number of nitriles is 1. The van der Waals surface area contributed by atoms with E-state index in [0.29, 0.717) is 13.2 Å². The first-order valence-electron chi connectivity index (χ1n) is 13.1. The van der Waals surface area contributed by atoms with Gasteiger partial charge in [0.1, 0.15) is 18.2 Å². The molecular weight excluding hydrogens is 486 g/mol. The molecule has 0 saturated carbocycles. The van der Waals surface area contributed by atoms with E-state index in [1.54, 1.807) is 6.08 Å². The van der Waals surface area contributed by atoms with Crippen LogP contribution >= 0.6 is 0 Å². The molecule has 1 atom stereocenters. The quantitative estimate of drug-likeness (QED) is 0.168. The van der Waals surface area contributed by atoms with Crippen molar-refractivity contribution >= 4 is 34.4 Å². The van der Waals surface area contributed by atoms with E-state index in [9.17, 15) is 14.9 Å². The standard InChI is InChI=1S/C29H37N3O6/c1-22(33)17-28(34)38-16-15-37-14-13-36-12-9-31-29(35)26(21-30)19-23-5-6-25-20-27(8-7-24(25)18-23)32-10-3-2-4-11-32/h5-8,18-20,22,33H,2-4,9-17H2,1H3,(H,31,35)/b26-19+. The highest BCUT2D eigenvalue weighted by Gasteiger charge is 2.12. The third-order valence-electron chi connectivity index (χ3n) is 6.10. The number of aliphatic hydroxyl groups excluding tert-OH is 1. The molecule has 2 aromatic rings. The van der Waals surface area contributed by atoms with E-state index in [4.69, 9.17) is 19.3 Å². The third-order valence-corrected chi connectivity index (χ3v) is 6.10. The summed E-state index contributed by atoms with van der Waals surface area (Å²) in [6.07, 6.45) is 4.58. The molecule has 1 aliphatic rings. The predicted molar refractivity (Wildman–Crippen MR) is 146 cm³/mol. The number of benzene rings is 2. The lowest BCUT2D eigenvalue weighted by atomic mass is 10.0. The van der Waals surface area contributed by atoms with Crippen molar-refractivity contribution in [3.63, 3.8) is 0 Å². The van der Waals surface area contributed by atoms with Gasteiger partial charge in [-0.3, -0.25) is 9.59 Å². The van der Waals surface area contributed by atoms with Crippen LogP contribution in [0.25, 0.3) is 16.8 Å². The van der Waals surface area contributed by atoms with Crippen LogP contribution in [-0.2, 0) is 23.8 Å². The van der Waals surface area contributed by atoms with E-state index in [2.05, 4.69) is 28.4 Å². The van der Waals surface area contributed by atoms with E-state index in [1.165, 1.54) is 31.9 Å². The monoisotopic (exact) mass is 523 g/mol. The first-order valence-corrected chi connectivity index (χ1v) is 13.1. The van der Waals surface area contributed by atoms with Crippen LogP contribution in [-0.4, -0.2) is 75.8 Å². The molecule has 0 radical (unpaired) electrons. The van der Waals surface area contributed by atoms with E-state index < -0.39 is 18.0 Å². The van der Waals surface area contributed by atoms with Gasteiger partial charge in [-0.25, -0.2) is 0 Å². The Morgan fingerprint density at radius 3 is 2.45 bits per heavy atom. The van der Waals surface area contributed by atoms with Gasteiger partial charge in [0.25, 0.3) is 5.91 Å². The van der Waals surface area contributed by atoms with Gasteiger partial charge in [-0.2, -0.15) is 5.26 Å². The molecule has 0 spiro atoms. The summed E-state index contributed by atoms with van der Waals surface area (Å²) in [5.41, 5.74) is 2.06. The highest BCUT2D eigenvalue weighted by molar-refractivity contribution is 6.02. The first-order chi connectivity index (χ1) is 18.5. The lowest BCUT2D eigenvalue weighted by Gasteiger charge is -2.29. The second-order valence-electron chi connectivity index (χ2n) is 9.26. The number of carbonyl (C=O) groups is 2. The van der Waals surface area contributed by atoms with Crippen molar-refractivity contribution in [1.82, 2.24) is 5.32 Å². The molecule has 1 saturated heterocycles. The lowest BCUT2D eigenvalue weighted by Crippen LogP contribution is -2.29. The molecule has 1 unspecified atom stereocenters. The Kier molecular flexibility index (Phi) is 12.0. The fourth-order valence-electron chi connectivity index (χ4n) is 4.17. The van der Waals surface area contributed by atoms with Crippen LogP contribution in [0.5, 0.6) is 0 Å². The molecule has 1 heterocycles. The molecule has 1 aliphatic heterocycles. The van der Waals surface area contributed by atoms with E-state index >= 15 is 0 Å². The fraction of sp³-hybridized carbons (Fsp3) is 0.483. The van der Waals surface area contributed by atoms with E-state index in [-0.39, 0.29) is 38.4 Å². The van der Waals surface area contributed by atoms with Crippen LogP contribution in [0.2, 0.25) is 0 Å². The van der Waals surface area contributed by atoms with Gasteiger partial charge in [-0.15, -0.1) is 0 Å². The van der Waals surface area contributed by atoms with Gasteiger partial charge >= 0.3 is 5.97 Å². The highest BCUT2D eigenvalue weighted by atomic mass is 16.6. The highest BCUT2D eigenvalue weighted by Crippen LogP contribution is 2.26. The van der Waals surface area contributed by atoms with Crippen LogP contribution in [0.4, 0.5) is 5.69 Å². The molecule has 9 nitrogen and oxygen atoms in total. The van der Waals surface area contributed by atoms with Gasteiger partial charge < -0.3 is 29.5 Å². The zero-order chi connectivity index (χ0) is 27.2. The summed E-state index contributed by atoms with van der Waals surface area (Å²) in [7, 11) is 0. The number of carbonyl (C=O) groups excluding carboxylic acids is 2. The summed E-state index contributed by atoms with van der Waals surface area (Å²) in [6, 6.07) is 14.3. The maximum atomic E-state index is 12.4. The second kappa shape index (κ2) is 15.7. The molecule has 3 rings (SSSR count). The number of rotatable bonds is 14. The van der Waals surface area contributed by atoms with Crippen molar-refractivity contribution in [3.05, 3.63) is 47.5 Å². The summed E-state index contributed by atoms with van der Waals surface area (Å²) in [5.74, 6) is -0.921. The maximum Gasteiger partial charge on any atom is 0.308 e. The van der Waals surface area contributed by atoms with Gasteiger partial charge in [-0.1, -0.05) is 18.2 Å². The minimum absolute atomic E-state index is 0.0303. The van der Waals surface area contributed by atoms with Gasteiger partial charge in [0, 0.05) is 25.3 Å². The molecule has 1 fully saturated rings. The Balaban J connectivity index is 1.37. The summed E-state index contributed by atoms with van der Waals surface area (Å²) in [5, 5.41) is 23.5. The Bertz CT molecular complexity index is 1130. The number of aliphatic hydroxyl groups is 1. The summed E-state index contributed by atoms with van der Waals surface area (Å²) < 4.78 is 15.6. The number of fused-ring (bicyclic) bond motifs is 1. The fourth-order valence-corrected chi connectivity index (χ4v) is 4.17. The number of piperidine rings is 1. The van der Waals surface area contributed by atoms with Gasteiger partial charge in [0.05, 0.1) is 39.0 Å². The number of ether oxygens (including phenoxy) is 3. The van der Waals surface area contributed by atoms with Crippen LogP contribution in [0.15, 0.2) is 42.0 Å². The minimum Gasteiger partial charge on any atom is -0.463 e. The average molecular weight is 524 g/mol.